The van der Waals surface area contributed by atoms with Crippen molar-refractivity contribution in [2.24, 2.45) is 0 Å². The number of para-hydroxylation sites is 1. The number of Topliss-reactive ketones (excluding diaryl/α,β-unsaturated/α-hetero) is 1. The molecular weight excluding hydrogens is 192 g/mol. The van der Waals surface area contributed by atoms with E-state index < -0.39 is 6.10 Å². The minimum absolute atomic E-state index is 0.227. The van der Waals surface area contributed by atoms with Crippen molar-refractivity contribution in [2.75, 3.05) is 0 Å². The number of aliphatic hydroxyl groups is 1. The summed E-state index contributed by atoms with van der Waals surface area (Å²) in [5.41, 5.74) is 0.671. The van der Waals surface area contributed by atoms with Crippen LogP contribution in [0.15, 0.2) is 34.7 Å². The molecule has 1 aromatic carbocycles. The number of fused-ring (bicyclic) bond motifs is 1. The van der Waals surface area contributed by atoms with Gasteiger partial charge in [-0.2, -0.15) is 0 Å². The predicted octanol–water partition coefficient (Wildman–Crippen LogP) is 2.39. The fraction of sp³-hybridized carbons (Fsp3) is 0.250. The van der Waals surface area contributed by atoms with Gasteiger partial charge in [-0.15, -0.1) is 0 Å². The number of carbonyl (C=O) groups is 1. The molecular formula is C12H12O3. The number of carbonyl (C=O) groups excluding carboxylic acids is 1. The summed E-state index contributed by atoms with van der Waals surface area (Å²) in [5, 5.41) is 10.3. The highest BCUT2D eigenvalue weighted by atomic mass is 16.4. The first-order valence-electron chi connectivity index (χ1n) is 4.93. The molecule has 0 amide bonds. The van der Waals surface area contributed by atoms with Crippen LogP contribution in [-0.4, -0.2) is 17.0 Å². The fourth-order valence-corrected chi connectivity index (χ4v) is 1.45. The van der Waals surface area contributed by atoms with Crippen molar-refractivity contribution in [3.8, 4) is 0 Å². The van der Waals surface area contributed by atoms with Gasteiger partial charge >= 0.3 is 0 Å². The van der Waals surface area contributed by atoms with Gasteiger partial charge in [0.25, 0.3) is 0 Å². The van der Waals surface area contributed by atoms with Gasteiger partial charge in [0.05, 0.1) is 0 Å². The van der Waals surface area contributed by atoms with Crippen molar-refractivity contribution in [1.82, 2.24) is 0 Å². The zero-order chi connectivity index (χ0) is 10.8. The molecule has 0 fully saturated rings. The molecule has 15 heavy (non-hydrogen) atoms. The van der Waals surface area contributed by atoms with Gasteiger partial charge in [0.2, 0.25) is 5.78 Å². The van der Waals surface area contributed by atoms with Crippen LogP contribution in [0.1, 0.15) is 23.9 Å². The molecule has 1 unspecified atom stereocenters. The van der Waals surface area contributed by atoms with E-state index in [1.165, 1.54) is 0 Å². The number of aliphatic hydroxyl groups excluding tert-OH is 1. The molecule has 0 aliphatic rings. The first kappa shape index (κ1) is 9.93. The van der Waals surface area contributed by atoms with Gasteiger partial charge in [-0.05, 0) is 18.6 Å². The maximum absolute atomic E-state index is 11.6. The van der Waals surface area contributed by atoms with Crippen molar-refractivity contribution >= 4 is 16.8 Å². The van der Waals surface area contributed by atoms with Gasteiger partial charge in [-0.1, -0.05) is 25.1 Å². The molecule has 2 rings (SSSR count). The highest BCUT2D eigenvalue weighted by Crippen LogP contribution is 2.20. The molecule has 0 saturated carbocycles. The zero-order valence-corrected chi connectivity index (χ0v) is 8.43. The van der Waals surface area contributed by atoms with Crippen molar-refractivity contribution in [1.29, 1.82) is 0 Å². The highest BCUT2D eigenvalue weighted by Gasteiger charge is 2.18. The Balaban J connectivity index is 2.41. The molecule has 3 heteroatoms. The Kier molecular flexibility index (Phi) is 2.56. The smallest absolute Gasteiger partial charge is 0.226 e. The summed E-state index contributed by atoms with van der Waals surface area (Å²) in [7, 11) is 0. The van der Waals surface area contributed by atoms with E-state index >= 15 is 0 Å². The molecule has 1 aromatic heterocycles. The van der Waals surface area contributed by atoms with Crippen LogP contribution in [-0.2, 0) is 0 Å². The van der Waals surface area contributed by atoms with Gasteiger partial charge in [-0.3, -0.25) is 4.79 Å². The Bertz CT molecular complexity index is 451. The maximum Gasteiger partial charge on any atom is 0.226 e. The van der Waals surface area contributed by atoms with Gasteiger partial charge in [0.15, 0.2) is 5.76 Å². The minimum Gasteiger partial charge on any atom is -0.453 e. The van der Waals surface area contributed by atoms with Crippen molar-refractivity contribution in [3.63, 3.8) is 0 Å². The second kappa shape index (κ2) is 3.87. The van der Waals surface area contributed by atoms with E-state index in [0.29, 0.717) is 12.0 Å². The summed E-state index contributed by atoms with van der Waals surface area (Å²) >= 11 is 0. The normalized spacial score (nSPS) is 12.9. The van der Waals surface area contributed by atoms with Crippen molar-refractivity contribution < 1.29 is 14.3 Å². The van der Waals surface area contributed by atoms with Crippen molar-refractivity contribution in [3.05, 3.63) is 36.1 Å². The number of rotatable bonds is 3. The number of furan rings is 1. The lowest BCUT2D eigenvalue weighted by Gasteiger charge is -2.02. The second-order valence-corrected chi connectivity index (χ2v) is 3.44. The quantitative estimate of drug-likeness (QED) is 0.781. The predicted molar refractivity (Wildman–Crippen MR) is 56.8 cm³/mol. The van der Waals surface area contributed by atoms with Crippen LogP contribution in [0.2, 0.25) is 0 Å². The first-order valence-corrected chi connectivity index (χ1v) is 4.93. The molecule has 0 radical (unpaired) electrons. The number of ketones is 1. The Hall–Kier alpha value is -1.61. The Morgan fingerprint density at radius 2 is 2.20 bits per heavy atom. The van der Waals surface area contributed by atoms with Gasteiger partial charge in [0.1, 0.15) is 11.7 Å². The molecule has 0 aliphatic carbocycles. The SMILES string of the molecule is CCC(O)C(=O)c1cc2ccccc2o1. The van der Waals surface area contributed by atoms with Crippen LogP contribution in [0.5, 0.6) is 0 Å². The summed E-state index contributed by atoms with van der Waals surface area (Å²) < 4.78 is 5.34. The molecule has 1 atom stereocenters. The Labute approximate surface area is 87.3 Å². The highest BCUT2D eigenvalue weighted by molar-refractivity contribution is 6.00. The third-order valence-electron chi connectivity index (χ3n) is 2.36. The van der Waals surface area contributed by atoms with E-state index in [1.807, 2.05) is 18.2 Å². The minimum atomic E-state index is -0.967. The van der Waals surface area contributed by atoms with Crippen LogP contribution in [0.25, 0.3) is 11.0 Å². The van der Waals surface area contributed by atoms with E-state index in [0.717, 1.165) is 5.39 Å². The monoisotopic (exact) mass is 204 g/mol. The average molecular weight is 204 g/mol. The Morgan fingerprint density at radius 1 is 1.47 bits per heavy atom. The van der Waals surface area contributed by atoms with Crippen LogP contribution in [0, 0.1) is 0 Å². The summed E-state index contributed by atoms with van der Waals surface area (Å²) in [5.74, 6) is -0.126. The lowest BCUT2D eigenvalue weighted by molar-refractivity contribution is 0.0713. The van der Waals surface area contributed by atoms with E-state index in [9.17, 15) is 9.90 Å². The number of benzene rings is 1. The van der Waals surface area contributed by atoms with Crippen LogP contribution < -0.4 is 0 Å². The van der Waals surface area contributed by atoms with E-state index in [1.54, 1.807) is 19.1 Å². The third kappa shape index (κ3) is 1.78. The standard InChI is InChI=1S/C12H12O3/c1-2-9(13)12(14)11-7-8-5-3-4-6-10(8)15-11/h3-7,9,13H,2H2,1H3. The maximum atomic E-state index is 11.6. The largest absolute Gasteiger partial charge is 0.453 e. The molecule has 3 nitrogen and oxygen atoms in total. The van der Waals surface area contributed by atoms with Crippen molar-refractivity contribution in [2.45, 2.75) is 19.4 Å². The zero-order valence-electron chi connectivity index (χ0n) is 8.43. The summed E-state index contributed by atoms with van der Waals surface area (Å²) in [4.78, 5) is 11.6. The van der Waals surface area contributed by atoms with Crippen LogP contribution in [0.4, 0.5) is 0 Å². The van der Waals surface area contributed by atoms with E-state index in [2.05, 4.69) is 0 Å². The molecule has 0 saturated heterocycles. The number of hydrogen-bond acceptors (Lipinski definition) is 3. The summed E-state index contributed by atoms with van der Waals surface area (Å²) in [6.45, 7) is 1.76. The molecule has 1 heterocycles. The molecule has 0 spiro atoms. The van der Waals surface area contributed by atoms with Gasteiger partial charge in [0, 0.05) is 5.39 Å². The fourth-order valence-electron chi connectivity index (χ4n) is 1.45. The van der Waals surface area contributed by atoms with Gasteiger partial charge in [-0.25, -0.2) is 0 Å². The molecule has 78 valence electrons. The molecule has 0 aliphatic heterocycles. The molecule has 0 bridgehead atoms. The summed E-state index contributed by atoms with van der Waals surface area (Å²) in [6.07, 6.45) is -0.568. The Morgan fingerprint density at radius 3 is 2.87 bits per heavy atom. The van der Waals surface area contributed by atoms with E-state index in [-0.39, 0.29) is 11.5 Å². The lowest BCUT2D eigenvalue weighted by Crippen LogP contribution is -2.18. The number of hydrogen-bond donors (Lipinski definition) is 1. The van der Waals surface area contributed by atoms with Crippen LogP contribution in [0.3, 0.4) is 0 Å². The van der Waals surface area contributed by atoms with Gasteiger partial charge < -0.3 is 9.52 Å². The lowest BCUT2D eigenvalue weighted by atomic mass is 10.1. The van der Waals surface area contributed by atoms with E-state index in [4.69, 9.17) is 4.42 Å². The second-order valence-electron chi connectivity index (χ2n) is 3.44. The van der Waals surface area contributed by atoms with Crippen LogP contribution >= 0.6 is 0 Å². The molecule has 1 N–H and O–H groups in total. The first-order chi connectivity index (χ1) is 7.22. The summed E-state index contributed by atoms with van der Waals surface area (Å²) in [6, 6.07) is 9.05. The molecule has 2 aromatic rings. The average Bonchev–Trinajstić information content (AvgIpc) is 2.70. The third-order valence-corrected chi connectivity index (χ3v) is 2.36. The topological polar surface area (TPSA) is 50.4 Å².